The maximum absolute atomic E-state index is 13.8. The highest BCUT2D eigenvalue weighted by Crippen LogP contribution is 2.25. The largest absolute Gasteiger partial charge is 0.325 e. The second-order valence-electron chi connectivity index (χ2n) is 6.59. The minimum absolute atomic E-state index is 0.00102. The van der Waals surface area contributed by atoms with Gasteiger partial charge in [-0.05, 0) is 48.2 Å². The molecule has 2 aromatic heterocycles. The van der Waals surface area contributed by atoms with Gasteiger partial charge in [0.25, 0.3) is 5.56 Å². The van der Waals surface area contributed by atoms with Crippen LogP contribution in [0.5, 0.6) is 0 Å². The monoisotopic (exact) mass is 477 g/mol. The lowest BCUT2D eigenvalue weighted by molar-refractivity contribution is -0.113. The van der Waals surface area contributed by atoms with Gasteiger partial charge in [0.2, 0.25) is 5.91 Å². The second kappa shape index (κ2) is 8.78. The zero-order valence-electron chi connectivity index (χ0n) is 16.0. The van der Waals surface area contributed by atoms with E-state index in [9.17, 15) is 18.4 Å². The molecule has 158 valence electrons. The van der Waals surface area contributed by atoms with Gasteiger partial charge in [-0.15, -0.1) is 11.3 Å². The van der Waals surface area contributed by atoms with Crippen molar-refractivity contribution < 1.29 is 13.6 Å². The first-order valence-electron chi connectivity index (χ1n) is 8.97. The van der Waals surface area contributed by atoms with E-state index in [4.69, 9.17) is 11.6 Å². The normalized spacial score (nSPS) is 11.1. The number of anilines is 1. The summed E-state index contributed by atoms with van der Waals surface area (Å²) in [6.45, 7) is 1.83. The molecule has 0 unspecified atom stereocenters. The van der Waals surface area contributed by atoms with E-state index >= 15 is 0 Å². The summed E-state index contributed by atoms with van der Waals surface area (Å²) >= 11 is 8.16. The van der Waals surface area contributed by atoms with E-state index in [-0.39, 0.29) is 22.5 Å². The van der Waals surface area contributed by atoms with Crippen molar-refractivity contribution in [2.45, 2.75) is 12.1 Å². The lowest BCUT2D eigenvalue weighted by atomic mass is 10.2. The molecule has 1 amide bonds. The highest BCUT2D eigenvalue weighted by molar-refractivity contribution is 7.99. The number of carbonyl (C=O) groups excluding carboxylic acids is 1. The Labute approximate surface area is 188 Å². The molecular formula is C21H14ClF2N3O2S2. The molecular weight excluding hydrogens is 464 g/mol. The van der Waals surface area contributed by atoms with Crippen LogP contribution in [0.4, 0.5) is 14.5 Å². The van der Waals surface area contributed by atoms with Gasteiger partial charge in [-0.1, -0.05) is 29.4 Å². The van der Waals surface area contributed by atoms with Crippen LogP contribution >= 0.6 is 34.7 Å². The number of amides is 1. The van der Waals surface area contributed by atoms with Gasteiger partial charge in [-0.25, -0.2) is 13.8 Å². The first kappa shape index (κ1) is 21.5. The van der Waals surface area contributed by atoms with Crippen molar-refractivity contribution in [3.05, 3.63) is 80.4 Å². The molecule has 0 aliphatic rings. The van der Waals surface area contributed by atoms with Gasteiger partial charge < -0.3 is 5.32 Å². The van der Waals surface area contributed by atoms with Crippen LogP contribution in [0.1, 0.15) is 5.56 Å². The van der Waals surface area contributed by atoms with Gasteiger partial charge in [-0.2, -0.15) is 0 Å². The molecule has 4 aromatic rings. The molecule has 5 nitrogen and oxygen atoms in total. The maximum Gasteiger partial charge on any atom is 0.276 e. The van der Waals surface area contributed by atoms with Crippen molar-refractivity contribution in [2.75, 3.05) is 11.1 Å². The number of fused-ring (bicyclic) bond motifs is 1. The Balaban J connectivity index is 1.67. The number of benzene rings is 2. The summed E-state index contributed by atoms with van der Waals surface area (Å²) < 4.78 is 29.1. The highest BCUT2D eigenvalue weighted by atomic mass is 35.5. The summed E-state index contributed by atoms with van der Waals surface area (Å²) in [6, 6.07) is 9.64. The number of aromatic nitrogens is 2. The van der Waals surface area contributed by atoms with Crippen LogP contribution in [0.3, 0.4) is 0 Å². The Morgan fingerprint density at radius 1 is 1.19 bits per heavy atom. The number of nitrogens with zero attached hydrogens (tertiary/aromatic N) is 2. The predicted octanol–water partition coefficient (Wildman–Crippen LogP) is 5.42. The van der Waals surface area contributed by atoms with Gasteiger partial charge in [0, 0.05) is 16.8 Å². The summed E-state index contributed by atoms with van der Waals surface area (Å²) in [5, 5.41) is 5.11. The Morgan fingerprint density at radius 3 is 2.68 bits per heavy atom. The number of rotatable bonds is 5. The molecule has 0 saturated carbocycles. The van der Waals surface area contributed by atoms with Crippen LogP contribution < -0.4 is 10.9 Å². The third-order valence-corrected chi connectivity index (χ3v) is 6.43. The average molecular weight is 478 g/mol. The van der Waals surface area contributed by atoms with E-state index in [1.165, 1.54) is 11.3 Å². The summed E-state index contributed by atoms with van der Waals surface area (Å²) in [7, 11) is 0. The third-order valence-electron chi connectivity index (χ3n) is 4.36. The number of nitrogens with one attached hydrogen (secondary N) is 1. The molecule has 0 bridgehead atoms. The molecule has 1 N–H and O–H groups in total. The van der Waals surface area contributed by atoms with Gasteiger partial charge >= 0.3 is 0 Å². The van der Waals surface area contributed by atoms with E-state index in [1.807, 2.05) is 6.92 Å². The molecule has 0 atom stereocenters. The predicted molar refractivity (Wildman–Crippen MR) is 121 cm³/mol. The van der Waals surface area contributed by atoms with Gasteiger partial charge in [0.15, 0.2) is 5.16 Å². The lowest BCUT2D eigenvalue weighted by Gasteiger charge is -2.13. The SMILES string of the molecule is Cc1ccc(Cl)cc1NC(=O)CSc1nc2ccsc2c(=O)n1-c1cc(F)cc(F)c1. The molecule has 0 aliphatic carbocycles. The van der Waals surface area contributed by atoms with Gasteiger partial charge in [0.05, 0.1) is 17.0 Å². The summed E-state index contributed by atoms with van der Waals surface area (Å²) in [5.41, 5.74) is 1.41. The summed E-state index contributed by atoms with van der Waals surface area (Å²) in [5.74, 6) is -2.06. The van der Waals surface area contributed by atoms with Crippen molar-refractivity contribution in [3.8, 4) is 5.69 Å². The Hall–Kier alpha value is -2.75. The number of halogens is 3. The topological polar surface area (TPSA) is 64.0 Å². The van der Waals surface area contributed by atoms with Crippen LogP contribution in [0.2, 0.25) is 5.02 Å². The maximum atomic E-state index is 13.8. The van der Waals surface area contributed by atoms with Crippen molar-refractivity contribution in [1.29, 1.82) is 0 Å². The van der Waals surface area contributed by atoms with Crippen LogP contribution in [-0.2, 0) is 4.79 Å². The molecule has 2 aromatic carbocycles. The lowest BCUT2D eigenvalue weighted by Crippen LogP contribution is -2.22. The third kappa shape index (κ3) is 4.63. The molecule has 4 rings (SSSR count). The number of hydrogen-bond donors (Lipinski definition) is 1. The molecule has 10 heteroatoms. The fourth-order valence-corrected chi connectivity index (χ4v) is 4.67. The summed E-state index contributed by atoms with van der Waals surface area (Å²) in [6.07, 6.45) is 0. The Morgan fingerprint density at radius 2 is 1.94 bits per heavy atom. The van der Waals surface area contributed by atoms with Crippen molar-refractivity contribution in [1.82, 2.24) is 9.55 Å². The Bertz CT molecular complexity index is 1350. The summed E-state index contributed by atoms with van der Waals surface area (Å²) in [4.78, 5) is 29.9. The quantitative estimate of drug-likeness (QED) is 0.308. The van der Waals surface area contributed by atoms with Crippen molar-refractivity contribution >= 4 is 56.5 Å². The second-order valence-corrected chi connectivity index (χ2v) is 8.89. The molecule has 0 aliphatic heterocycles. The first-order chi connectivity index (χ1) is 14.8. The molecule has 0 saturated heterocycles. The molecule has 2 heterocycles. The number of thioether (sulfide) groups is 1. The molecule has 0 radical (unpaired) electrons. The van der Waals surface area contributed by atoms with E-state index in [2.05, 4.69) is 10.3 Å². The number of carbonyl (C=O) groups is 1. The minimum atomic E-state index is -0.821. The first-order valence-corrected chi connectivity index (χ1v) is 11.2. The Kier molecular flexibility index (Phi) is 6.08. The van der Waals surface area contributed by atoms with Gasteiger partial charge in [0.1, 0.15) is 16.3 Å². The van der Waals surface area contributed by atoms with Crippen LogP contribution in [0, 0.1) is 18.6 Å². The molecule has 0 fully saturated rings. The van der Waals surface area contributed by atoms with Crippen molar-refractivity contribution in [2.24, 2.45) is 0 Å². The van der Waals surface area contributed by atoms with Crippen LogP contribution in [0.25, 0.3) is 15.9 Å². The standard InChI is InChI=1S/C21H14ClF2N3O2S2/c1-11-2-3-12(22)6-17(11)25-18(28)10-31-21-26-16-4-5-30-19(16)20(29)27(21)15-8-13(23)7-14(24)9-15/h2-9H,10H2,1H3,(H,25,28). The van der Waals surface area contributed by atoms with Crippen LogP contribution in [0.15, 0.2) is 57.8 Å². The van der Waals surface area contributed by atoms with E-state index < -0.39 is 17.2 Å². The zero-order chi connectivity index (χ0) is 22.1. The average Bonchev–Trinajstić information content (AvgIpc) is 3.17. The fourth-order valence-electron chi connectivity index (χ4n) is 2.93. The smallest absolute Gasteiger partial charge is 0.276 e. The number of hydrogen-bond acceptors (Lipinski definition) is 5. The molecule has 0 spiro atoms. The zero-order valence-corrected chi connectivity index (χ0v) is 18.4. The van der Waals surface area contributed by atoms with E-state index in [0.29, 0.717) is 20.9 Å². The number of aryl methyl sites for hydroxylation is 1. The minimum Gasteiger partial charge on any atom is -0.325 e. The van der Waals surface area contributed by atoms with Crippen LogP contribution in [-0.4, -0.2) is 21.2 Å². The number of thiophene rings is 1. The van der Waals surface area contributed by atoms with E-state index in [1.54, 1.807) is 29.6 Å². The van der Waals surface area contributed by atoms with Gasteiger partial charge in [-0.3, -0.25) is 14.2 Å². The van der Waals surface area contributed by atoms with Crippen molar-refractivity contribution in [3.63, 3.8) is 0 Å². The molecule has 31 heavy (non-hydrogen) atoms. The highest BCUT2D eigenvalue weighted by Gasteiger charge is 2.17. The van der Waals surface area contributed by atoms with E-state index in [0.717, 1.165) is 40.1 Å². The fraction of sp³-hybridized carbons (Fsp3) is 0.0952.